The Labute approximate surface area is 149 Å². The summed E-state index contributed by atoms with van der Waals surface area (Å²) in [6, 6.07) is 11.8. The van der Waals surface area contributed by atoms with Gasteiger partial charge in [-0.15, -0.1) is 12.4 Å². The topological polar surface area (TPSA) is 25.2 Å². The maximum Gasteiger partial charge on any atom is 0.134 e. The Morgan fingerprint density at radius 1 is 1.04 bits per heavy atom. The molecule has 1 aromatic heterocycles. The standard InChI is InChI=1S/C19H22ClNO.ClH/c20-17-8-6-16(7-9-17)19-11-10-18(22-19)14-21-13-12-15-4-2-1-3-5-15;/h4,6-11,21H,1-3,5,12-14H2;1H. The third-order valence-electron chi connectivity index (χ3n) is 4.10. The predicted octanol–water partition coefficient (Wildman–Crippen LogP) is 6.00. The number of halogens is 2. The highest BCUT2D eigenvalue weighted by atomic mass is 35.5. The molecule has 3 rings (SSSR count). The smallest absolute Gasteiger partial charge is 0.134 e. The third kappa shape index (κ3) is 5.42. The van der Waals surface area contributed by atoms with E-state index < -0.39 is 0 Å². The van der Waals surface area contributed by atoms with Gasteiger partial charge in [-0.05, 0) is 75.0 Å². The summed E-state index contributed by atoms with van der Waals surface area (Å²) in [6.45, 7) is 1.80. The van der Waals surface area contributed by atoms with Gasteiger partial charge in [-0.25, -0.2) is 0 Å². The fourth-order valence-corrected chi connectivity index (χ4v) is 2.96. The van der Waals surface area contributed by atoms with Crippen molar-refractivity contribution in [1.82, 2.24) is 5.32 Å². The Hall–Kier alpha value is -1.22. The van der Waals surface area contributed by atoms with E-state index >= 15 is 0 Å². The van der Waals surface area contributed by atoms with E-state index in [4.69, 9.17) is 16.0 Å². The van der Waals surface area contributed by atoms with Crippen molar-refractivity contribution in [3.63, 3.8) is 0 Å². The van der Waals surface area contributed by atoms with Crippen molar-refractivity contribution in [1.29, 1.82) is 0 Å². The van der Waals surface area contributed by atoms with Crippen LogP contribution >= 0.6 is 24.0 Å². The second-order valence-electron chi connectivity index (χ2n) is 5.81. The lowest BCUT2D eigenvalue weighted by atomic mass is 9.97. The molecule has 0 spiro atoms. The minimum Gasteiger partial charge on any atom is -0.460 e. The maximum absolute atomic E-state index is 5.91. The summed E-state index contributed by atoms with van der Waals surface area (Å²) in [5.41, 5.74) is 2.67. The molecule has 1 aliphatic carbocycles. The van der Waals surface area contributed by atoms with Crippen molar-refractivity contribution in [2.75, 3.05) is 6.54 Å². The summed E-state index contributed by atoms with van der Waals surface area (Å²) in [5, 5.41) is 4.21. The highest BCUT2D eigenvalue weighted by Crippen LogP contribution is 2.24. The quantitative estimate of drug-likeness (QED) is 0.509. The Morgan fingerprint density at radius 2 is 1.87 bits per heavy atom. The van der Waals surface area contributed by atoms with Crippen LogP contribution in [0.15, 0.2) is 52.5 Å². The minimum absolute atomic E-state index is 0. The summed E-state index contributed by atoms with van der Waals surface area (Å²) < 4.78 is 5.88. The second kappa shape index (κ2) is 9.17. The first kappa shape index (κ1) is 18.1. The molecule has 0 radical (unpaired) electrons. The van der Waals surface area contributed by atoms with E-state index in [1.807, 2.05) is 36.4 Å². The summed E-state index contributed by atoms with van der Waals surface area (Å²) in [7, 11) is 0. The molecule has 0 bridgehead atoms. The van der Waals surface area contributed by atoms with Crippen molar-refractivity contribution in [3.8, 4) is 11.3 Å². The van der Waals surface area contributed by atoms with Gasteiger partial charge >= 0.3 is 0 Å². The molecular weight excluding hydrogens is 329 g/mol. The first-order chi connectivity index (χ1) is 10.8. The van der Waals surface area contributed by atoms with Crippen LogP contribution < -0.4 is 5.32 Å². The van der Waals surface area contributed by atoms with Crippen LogP contribution in [0, 0.1) is 0 Å². The van der Waals surface area contributed by atoms with Gasteiger partial charge in [0.25, 0.3) is 0 Å². The molecule has 0 amide bonds. The van der Waals surface area contributed by atoms with Gasteiger partial charge < -0.3 is 9.73 Å². The van der Waals surface area contributed by atoms with Crippen molar-refractivity contribution >= 4 is 24.0 Å². The van der Waals surface area contributed by atoms with Crippen LogP contribution in [0.5, 0.6) is 0 Å². The van der Waals surface area contributed by atoms with E-state index in [1.165, 1.54) is 25.7 Å². The first-order valence-corrected chi connectivity index (χ1v) is 8.42. The van der Waals surface area contributed by atoms with Crippen LogP contribution in [0.25, 0.3) is 11.3 Å². The molecule has 2 nitrogen and oxygen atoms in total. The number of benzene rings is 1. The fraction of sp³-hybridized carbons (Fsp3) is 0.368. The molecule has 4 heteroatoms. The Bertz CT molecular complexity index is 631. The Kier molecular flexibility index (Phi) is 7.22. The van der Waals surface area contributed by atoms with Crippen LogP contribution in [0.1, 0.15) is 37.9 Å². The van der Waals surface area contributed by atoms with Gasteiger partial charge in [-0.3, -0.25) is 0 Å². The molecule has 23 heavy (non-hydrogen) atoms. The largest absolute Gasteiger partial charge is 0.460 e. The molecule has 0 saturated carbocycles. The zero-order valence-electron chi connectivity index (χ0n) is 13.2. The predicted molar refractivity (Wildman–Crippen MR) is 99.3 cm³/mol. The van der Waals surface area contributed by atoms with E-state index in [-0.39, 0.29) is 12.4 Å². The highest BCUT2D eigenvalue weighted by molar-refractivity contribution is 6.30. The molecule has 1 heterocycles. The number of hydrogen-bond donors (Lipinski definition) is 1. The van der Waals surface area contributed by atoms with Crippen molar-refractivity contribution in [2.24, 2.45) is 0 Å². The van der Waals surface area contributed by atoms with Gasteiger partial charge in [0.1, 0.15) is 11.5 Å². The van der Waals surface area contributed by atoms with Gasteiger partial charge in [0.2, 0.25) is 0 Å². The van der Waals surface area contributed by atoms with Crippen LogP contribution in [0.4, 0.5) is 0 Å². The molecule has 1 aliphatic rings. The summed E-state index contributed by atoms with van der Waals surface area (Å²) in [4.78, 5) is 0. The number of allylic oxidation sites excluding steroid dienone is 1. The van der Waals surface area contributed by atoms with E-state index in [0.717, 1.165) is 41.6 Å². The number of hydrogen-bond acceptors (Lipinski definition) is 2. The van der Waals surface area contributed by atoms with E-state index in [1.54, 1.807) is 5.57 Å². The second-order valence-corrected chi connectivity index (χ2v) is 6.24. The van der Waals surface area contributed by atoms with Gasteiger partial charge in [0.05, 0.1) is 6.54 Å². The van der Waals surface area contributed by atoms with Gasteiger partial charge in [0.15, 0.2) is 0 Å². The van der Waals surface area contributed by atoms with Gasteiger partial charge in [-0.1, -0.05) is 23.3 Å². The van der Waals surface area contributed by atoms with Crippen molar-refractivity contribution in [2.45, 2.75) is 38.6 Å². The maximum atomic E-state index is 5.91. The molecule has 0 saturated heterocycles. The lowest BCUT2D eigenvalue weighted by Gasteiger charge is -2.12. The summed E-state index contributed by atoms with van der Waals surface area (Å²) >= 11 is 5.91. The first-order valence-electron chi connectivity index (χ1n) is 8.04. The lowest BCUT2D eigenvalue weighted by molar-refractivity contribution is 0.493. The van der Waals surface area contributed by atoms with Gasteiger partial charge in [-0.2, -0.15) is 0 Å². The number of nitrogens with one attached hydrogen (secondary N) is 1. The number of rotatable bonds is 6. The van der Waals surface area contributed by atoms with Crippen LogP contribution in [-0.2, 0) is 6.54 Å². The number of furan rings is 1. The van der Waals surface area contributed by atoms with E-state index in [9.17, 15) is 0 Å². The summed E-state index contributed by atoms with van der Waals surface area (Å²) in [6.07, 6.45) is 8.83. The molecule has 0 unspecified atom stereocenters. The molecule has 0 aliphatic heterocycles. The monoisotopic (exact) mass is 351 g/mol. The van der Waals surface area contributed by atoms with Crippen LogP contribution in [0.2, 0.25) is 5.02 Å². The SMILES string of the molecule is Cl.Clc1ccc(-c2ccc(CNCCC3=CCCCC3)o2)cc1. The molecule has 2 aromatic rings. The third-order valence-corrected chi connectivity index (χ3v) is 4.35. The lowest BCUT2D eigenvalue weighted by Crippen LogP contribution is -2.15. The molecule has 1 N–H and O–H groups in total. The molecule has 0 atom stereocenters. The van der Waals surface area contributed by atoms with Crippen LogP contribution in [0.3, 0.4) is 0 Å². The minimum atomic E-state index is 0. The average Bonchev–Trinajstić information content (AvgIpc) is 3.02. The molecule has 1 aromatic carbocycles. The molecule has 0 fully saturated rings. The van der Waals surface area contributed by atoms with E-state index in [0.29, 0.717) is 0 Å². The average molecular weight is 352 g/mol. The zero-order valence-corrected chi connectivity index (χ0v) is 14.8. The Balaban J connectivity index is 0.00000192. The molecule has 124 valence electrons. The molecular formula is C19H23Cl2NO. The van der Waals surface area contributed by atoms with Crippen molar-refractivity contribution < 1.29 is 4.42 Å². The normalized spacial score (nSPS) is 14.2. The van der Waals surface area contributed by atoms with E-state index in [2.05, 4.69) is 11.4 Å². The highest BCUT2D eigenvalue weighted by Gasteiger charge is 2.06. The van der Waals surface area contributed by atoms with Crippen LogP contribution in [-0.4, -0.2) is 6.54 Å². The van der Waals surface area contributed by atoms with Gasteiger partial charge in [0, 0.05) is 10.6 Å². The fourth-order valence-electron chi connectivity index (χ4n) is 2.83. The zero-order chi connectivity index (χ0) is 15.2. The van der Waals surface area contributed by atoms with Crippen molar-refractivity contribution in [3.05, 3.63) is 58.8 Å². The summed E-state index contributed by atoms with van der Waals surface area (Å²) in [5.74, 6) is 1.87. The Morgan fingerprint density at radius 3 is 2.61 bits per heavy atom.